The van der Waals surface area contributed by atoms with Crippen molar-refractivity contribution in [2.75, 3.05) is 39.3 Å². The smallest absolute Gasteiger partial charge is 0.346 e. The van der Waals surface area contributed by atoms with Crippen LogP contribution < -0.4 is 11.1 Å². The van der Waals surface area contributed by atoms with Crippen LogP contribution >= 0.6 is 0 Å². The van der Waals surface area contributed by atoms with E-state index in [2.05, 4.69) is 10.2 Å². The molecule has 0 atom stereocenters. The monoisotopic (exact) mass is 736 g/mol. The summed E-state index contributed by atoms with van der Waals surface area (Å²) in [5.74, 6) is -0.881. The lowest BCUT2D eigenvalue weighted by molar-refractivity contribution is -0.141. The van der Waals surface area contributed by atoms with E-state index >= 15 is 0 Å². The molecule has 1 saturated heterocycles. The number of unbranched alkanes of at least 4 members (excludes halogenated alkanes) is 1. The van der Waals surface area contributed by atoms with Gasteiger partial charge in [0, 0.05) is 37.8 Å². The molecule has 1 fully saturated rings. The minimum Gasteiger partial charge on any atom is -0.346 e. The minimum absolute atomic E-state index is 0.0879. The number of hydrogen-bond donors (Lipinski definition) is 2. The molecule has 3 N–H and O–H groups in total. The van der Waals surface area contributed by atoms with Crippen molar-refractivity contribution in [3.8, 4) is 22.3 Å². The molecule has 6 rings (SSSR count). The van der Waals surface area contributed by atoms with Gasteiger partial charge in [-0.3, -0.25) is 9.59 Å². The Morgan fingerprint density at radius 2 is 1.34 bits per heavy atom. The van der Waals surface area contributed by atoms with Crippen LogP contribution in [0.2, 0.25) is 0 Å². The maximum absolute atomic E-state index is 14.0. The Kier molecular flexibility index (Phi) is 11.3. The van der Waals surface area contributed by atoms with E-state index < -0.39 is 35.8 Å². The second-order valence-corrected chi connectivity index (χ2v) is 13.7. The highest BCUT2D eigenvalue weighted by Gasteiger charge is 2.49. The van der Waals surface area contributed by atoms with Gasteiger partial charge in [-0.1, -0.05) is 85.3 Å². The Morgan fingerprint density at radius 1 is 0.774 bits per heavy atom. The van der Waals surface area contributed by atoms with E-state index in [4.69, 9.17) is 5.73 Å². The largest absolute Gasteiger partial charge is 0.416 e. The fourth-order valence-electron chi connectivity index (χ4n) is 7.97. The zero-order valence-corrected chi connectivity index (χ0v) is 29.1. The van der Waals surface area contributed by atoms with Gasteiger partial charge in [-0.25, -0.2) is 0 Å². The summed E-state index contributed by atoms with van der Waals surface area (Å²) in [6.45, 7) is 1.31. The Morgan fingerprint density at radius 3 is 1.91 bits per heavy atom. The third-order valence-electron chi connectivity index (χ3n) is 10.5. The van der Waals surface area contributed by atoms with Crippen molar-refractivity contribution >= 4 is 11.8 Å². The van der Waals surface area contributed by atoms with Gasteiger partial charge >= 0.3 is 12.4 Å². The number of nitrogens with two attached hydrogens (primary N) is 1. The molecule has 4 aromatic carbocycles. The van der Waals surface area contributed by atoms with Crippen LogP contribution in [-0.2, 0) is 16.4 Å². The molecule has 280 valence electrons. The highest BCUT2D eigenvalue weighted by Crippen LogP contribution is 2.51. The molecule has 2 aliphatic rings. The lowest BCUT2D eigenvalue weighted by Gasteiger charge is -2.39. The minimum atomic E-state index is -4.54. The van der Waals surface area contributed by atoms with E-state index in [-0.39, 0.29) is 18.5 Å². The number of carbonyl (C=O) groups excluding carboxylic acids is 2. The fourth-order valence-corrected chi connectivity index (χ4v) is 7.97. The first kappa shape index (κ1) is 38.1. The van der Waals surface area contributed by atoms with Gasteiger partial charge in [-0.15, -0.1) is 0 Å². The second-order valence-electron chi connectivity index (χ2n) is 13.7. The van der Waals surface area contributed by atoms with Gasteiger partial charge in [0.05, 0.1) is 5.56 Å². The number of alkyl halides is 6. The number of nitrogens with one attached hydrogen (secondary N) is 1. The molecule has 6 nitrogen and oxygen atoms in total. The van der Waals surface area contributed by atoms with E-state index in [9.17, 15) is 35.9 Å². The fraction of sp³-hybridized carbons (Fsp3) is 0.366. The highest BCUT2D eigenvalue weighted by atomic mass is 19.4. The number of rotatable bonds is 12. The molecule has 0 saturated carbocycles. The van der Waals surface area contributed by atoms with Crippen molar-refractivity contribution in [1.82, 2.24) is 15.1 Å². The van der Waals surface area contributed by atoms with Crippen LogP contribution in [-0.4, -0.2) is 73.1 Å². The van der Waals surface area contributed by atoms with Crippen LogP contribution in [0.1, 0.15) is 59.2 Å². The van der Waals surface area contributed by atoms with Gasteiger partial charge in [0.25, 0.3) is 5.91 Å². The molecule has 2 amide bonds. The van der Waals surface area contributed by atoms with E-state index in [0.29, 0.717) is 73.1 Å². The predicted molar refractivity (Wildman–Crippen MR) is 192 cm³/mol. The SMILES string of the molecule is NCCN(C(=O)c1ccccc1-c1ccc(C(F)(F)F)cc1)C1CCN(CCCCC2(C(=O)NCC(F)(F)F)c3ccccc3-c3ccccc32)CC1. The van der Waals surface area contributed by atoms with Crippen LogP contribution in [0.4, 0.5) is 26.3 Å². The van der Waals surface area contributed by atoms with Crippen molar-refractivity contribution in [1.29, 1.82) is 0 Å². The number of carbonyl (C=O) groups is 2. The first-order valence-corrected chi connectivity index (χ1v) is 17.9. The average Bonchev–Trinajstić information content (AvgIpc) is 3.44. The number of nitrogens with zero attached hydrogens (tertiary/aromatic N) is 2. The number of benzene rings is 4. The topological polar surface area (TPSA) is 78.7 Å². The molecular formula is C41H42F6N4O2. The van der Waals surface area contributed by atoms with Gasteiger partial charge in [-0.2, -0.15) is 26.3 Å². The maximum atomic E-state index is 14.0. The lowest BCUT2D eigenvalue weighted by atomic mass is 9.73. The molecule has 12 heteroatoms. The van der Waals surface area contributed by atoms with Crippen LogP contribution in [0.25, 0.3) is 22.3 Å². The lowest BCUT2D eigenvalue weighted by Crippen LogP contribution is -2.49. The van der Waals surface area contributed by atoms with E-state index in [1.807, 2.05) is 48.5 Å². The third kappa shape index (κ3) is 8.13. The number of hydrogen-bond acceptors (Lipinski definition) is 4. The third-order valence-corrected chi connectivity index (χ3v) is 10.5. The van der Waals surface area contributed by atoms with Crippen LogP contribution in [0.5, 0.6) is 0 Å². The predicted octanol–water partition coefficient (Wildman–Crippen LogP) is 8.05. The second kappa shape index (κ2) is 15.7. The Hall–Kier alpha value is -4.68. The summed E-state index contributed by atoms with van der Waals surface area (Å²) in [5, 5.41) is 2.19. The van der Waals surface area contributed by atoms with E-state index in [0.717, 1.165) is 36.2 Å². The Balaban J connectivity index is 1.10. The maximum Gasteiger partial charge on any atom is 0.416 e. The summed E-state index contributed by atoms with van der Waals surface area (Å²) in [4.78, 5) is 31.9. The van der Waals surface area contributed by atoms with Gasteiger partial charge < -0.3 is 20.9 Å². The average molecular weight is 737 g/mol. The van der Waals surface area contributed by atoms with E-state index in [1.165, 1.54) is 12.1 Å². The molecular weight excluding hydrogens is 694 g/mol. The highest BCUT2D eigenvalue weighted by molar-refractivity contribution is 6.01. The molecule has 0 spiro atoms. The van der Waals surface area contributed by atoms with Crippen LogP contribution in [0.15, 0.2) is 97.1 Å². The van der Waals surface area contributed by atoms with Gasteiger partial charge in [-0.05, 0) is 83.8 Å². The molecule has 53 heavy (non-hydrogen) atoms. The molecule has 0 aromatic heterocycles. The number of fused-ring (bicyclic) bond motifs is 3. The van der Waals surface area contributed by atoms with Crippen molar-refractivity contribution in [3.63, 3.8) is 0 Å². The quantitative estimate of drug-likeness (QED) is 0.114. The van der Waals surface area contributed by atoms with Crippen molar-refractivity contribution in [2.45, 2.75) is 55.9 Å². The van der Waals surface area contributed by atoms with Crippen molar-refractivity contribution in [2.24, 2.45) is 5.73 Å². The van der Waals surface area contributed by atoms with Gasteiger partial charge in [0.1, 0.15) is 12.0 Å². The number of halogens is 6. The molecule has 4 aromatic rings. The molecule has 1 aliphatic carbocycles. The number of piperidine rings is 1. The molecule has 1 heterocycles. The van der Waals surface area contributed by atoms with Crippen molar-refractivity contribution in [3.05, 3.63) is 119 Å². The van der Waals surface area contributed by atoms with E-state index in [1.54, 1.807) is 29.2 Å². The molecule has 1 aliphatic heterocycles. The van der Waals surface area contributed by atoms with Crippen molar-refractivity contribution < 1.29 is 35.9 Å². The van der Waals surface area contributed by atoms with Gasteiger partial charge in [0.15, 0.2) is 0 Å². The standard InChI is InChI=1S/C41H42F6N4O2/c42-40(43,44)27-49-38(53)39(35-13-5-3-10-32(35)33-11-4-6-14-36(33)39)21-7-8-23-50-24-19-30(20-25-50)51(26-22-48)37(52)34-12-2-1-9-31(34)28-15-17-29(18-16-28)41(45,46)47/h1-6,9-18,30H,7-8,19-27,48H2,(H,49,53). The molecule has 0 bridgehead atoms. The Labute approximate surface area is 305 Å². The molecule has 0 radical (unpaired) electrons. The summed E-state index contributed by atoms with van der Waals surface area (Å²) in [5.41, 5.74) is 8.53. The number of likely N-dealkylation sites (tertiary alicyclic amines) is 1. The van der Waals surface area contributed by atoms with Crippen LogP contribution in [0.3, 0.4) is 0 Å². The summed E-state index contributed by atoms with van der Waals surface area (Å²) < 4.78 is 79.3. The normalized spacial score (nSPS) is 15.8. The van der Waals surface area contributed by atoms with Gasteiger partial charge in [0.2, 0.25) is 5.91 Å². The summed E-state index contributed by atoms with van der Waals surface area (Å²) in [7, 11) is 0. The van der Waals surface area contributed by atoms with Crippen LogP contribution in [0, 0.1) is 0 Å². The number of amides is 2. The molecule has 0 unspecified atom stereocenters. The summed E-state index contributed by atoms with van der Waals surface area (Å²) in [6, 6.07) is 26.4. The summed E-state index contributed by atoms with van der Waals surface area (Å²) in [6.07, 6.45) is -5.96. The Bertz CT molecular complexity index is 1860. The first-order valence-electron chi connectivity index (χ1n) is 17.9. The zero-order valence-electron chi connectivity index (χ0n) is 29.1. The summed E-state index contributed by atoms with van der Waals surface area (Å²) >= 11 is 0. The zero-order chi connectivity index (χ0) is 37.8. The first-order chi connectivity index (χ1) is 25.3.